The smallest absolute Gasteiger partial charge is 0.178 e. The number of sulfone groups is 1. The van der Waals surface area contributed by atoms with E-state index in [9.17, 15) is 8.42 Å². The van der Waals surface area contributed by atoms with Crippen molar-refractivity contribution in [3.8, 4) is 5.75 Å². The zero-order chi connectivity index (χ0) is 13.7. The van der Waals surface area contributed by atoms with Crippen LogP contribution in [-0.4, -0.2) is 46.6 Å². The summed E-state index contributed by atoms with van der Waals surface area (Å²) in [5.41, 5.74) is 0. The van der Waals surface area contributed by atoms with Crippen LogP contribution in [0.3, 0.4) is 0 Å². The first-order valence-electron chi connectivity index (χ1n) is 6.40. The van der Waals surface area contributed by atoms with E-state index in [1.165, 1.54) is 0 Å². The number of ether oxygens (including phenoxy) is 2. The molecule has 2 rings (SSSR count). The van der Waals surface area contributed by atoms with Gasteiger partial charge in [-0.2, -0.15) is 0 Å². The highest BCUT2D eigenvalue weighted by Crippen LogP contribution is 2.17. The van der Waals surface area contributed by atoms with Gasteiger partial charge in [0.25, 0.3) is 0 Å². The summed E-state index contributed by atoms with van der Waals surface area (Å²) in [6.45, 7) is 4.45. The molecule has 0 spiro atoms. The molecule has 0 radical (unpaired) electrons. The van der Waals surface area contributed by atoms with Gasteiger partial charge >= 0.3 is 0 Å². The van der Waals surface area contributed by atoms with E-state index in [1.807, 2.05) is 0 Å². The predicted molar refractivity (Wildman–Crippen MR) is 72.3 cm³/mol. The number of morpholine rings is 1. The molecule has 0 saturated carbocycles. The lowest BCUT2D eigenvalue weighted by Gasteiger charge is -2.23. The van der Waals surface area contributed by atoms with E-state index < -0.39 is 9.84 Å². The Labute approximate surface area is 113 Å². The molecule has 1 fully saturated rings. The number of benzene rings is 1. The average molecular weight is 285 g/mol. The fourth-order valence-electron chi connectivity index (χ4n) is 1.83. The Morgan fingerprint density at radius 3 is 2.68 bits per heavy atom. The van der Waals surface area contributed by atoms with Crippen molar-refractivity contribution < 1.29 is 17.9 Å². The third-order valence-electron chi connectivity index (χ3n) is 3.00. The van der Waals surface area contributed by atoms with Gasteiger partial charge in [-0.05, 0) is 24.3 Å². The first-order valence-corrected chi connectivity index (χ1v) is 8.05. The number of hydrogen-bond donors (Lipinski definition) is 1. The molecule has 5 nitrogen and oxygen atoms in total. The van der Waals surface area contributed by atoms with Crippen LogP contribution in [0.15, 0.2) is 29.2 Å². The quantitative estimate of drug-likeness (QED) is 0.869. The molecule has 0 aromatic heterocycles. The highest BCUT2D eigenvalue weighted by atomic mass is 32.2. The summed E-state index contributed by atoms with van der Waals surface area (Å²) in [7, 11) is -3.14. The third-order valence-corrected chi connectivity index (χ3v) is 4.75. The van der Waals surface area contributed by atoms with Gasteiger partial charge in [0.2, 0.25) is 0 Å². The third kappa shape index (κ3) is 3.92. The van der Waals surface area contributed by atoms with E-state index in [-0.39, 0.29) is 11.9 Å². The maximum absolute atomic E-state index is 11.6. The number of hydrogen-bond acceptors (Lipinski definition) is 5. The minimum Gasteiger partial charge on any atom is -0.491 e. The van der Waals surface area contributed by atoms with E-state index in [0.29, 0.717) is 23.9 Å². The van der Waals surface area contributed by atoms with Crippen LogP contribution in [0.2, 0.25) is 0 Å². The SMILES string of the molecule is CCS(=O)(=O)c1ccc(OCC2CNCCO2)cc1. The molecule has 0 aliphatic carbocycles. The second kappa shape index (κ2) is 6.36. The summed E-state index contributed by atoms with van der Waals surface area (Å²) in [5.74, 6) is 0.763. The van der Waals surface area contributed by atoms with Gasteiger partial charge in [-0.3, -0.25) is 0 Å². The first-order chi connectivity index (χ1) is 9.12. The summed E-state index contributed by atoms with van der Waals surface area (Å²) >= 11 is 0. The van der Waals surface area contributed by atoms with Crippen LogP contribution in [0.25, 0.3) is 0 Å². The van der Waals surface area contributed by atoms with Crippen LogP contribution in [0.1, 0.15) is 6.92 Å². The lowest BCUT2D eigenvalue weighted by Crippen LogP contribution is -2.41. The lowest BCUT2D eigenvalue weighted by molar-refractivity contribution is 0.000185. The molecule has 1 aromatic carbocycles. The predicted octanol–water partition coefficient (Wildman–Crippen LogP) is 0.847. The van der Waals surface area contributed by atoms with Gasteiger partial charge in [0.1, 0.15) is 18.5 Å². The van der Waals surface area contributed by atoms with Crippen molar-refractivity contribution in [1.82, 2.24) is 5.32 Å². The normalized spacial score (nSPS) is 20.2. The molecule has 1 aromatic rings. The van der Waals surface area contributed by atoms with E-state index in [4.69, 9.17) is 9.47 Å². The zero-order valence-electron chi connectivity index (χ0n) is 11.0. The Morgan fingerprint density at radius 1 is 1.37 bits per heavy atom. The first kappa shape index (κ1) is 14.3. The molecule has 1 heterocycles. The zero-order valence-corrected chi connectivity index (χ0v) is 11.8. The molecule has 1 aliphatic heterocycles. The standard InChI is InChI=1S/C13H19NO4S/c1-2-19(15,16)13-5-3-11(4-6-13)18-10-12-9-14-7-8-17-12/h3-6,12,14H,2,7-10H2,1H3. The van der Waals surface area contributed by atoms with Crippen LogP contribution < -0.4 is 10.1 Å². The van der Waals surface area contributed by atoms with E-state index >= 15 is 0 Å². The van der Waals surface area contributed by atoms with Crippen molar-refractivity contribution in [1.29, 1.82) is 0 Å². The monoisotopic (exact) mass is 285 g/mol. The molecule has 0 bridgehead atoms. The molecule has 1 aliphatic rings. The summed E-state index contributed by atoms with van der Waals surface area (Å²) in [6.07, 6.45) is 0.0489. The Hall–Kier alpha value is -1.11. The maximum atomic E-state index is 11.6. The van der Waals surface area contributed by atoms with Crippen molar-refractivity contribution in [3.63, 3.8) is 0 Å². The summed E-state index contributed by atoms with van der Waals surface area (Å²) in [5, 5.41) is 3.22. The van der Waals surface area contributed by atoms with Crippen molar-refractivity contribution in [3.05, 3.63) is 24.3 Å². The van der Waals surface area contributed by atoms with Crippen molar-refractivity contribution in [2.75, 3.05) is 32.1 Å². The van der Waals surface area contributed by atoms with Gasteiger partial charge < -0.3 is 14.8 Å². The van der Waals surface area contributed by atoms with Crippen LogP contribution in [0.4, 0.5) is 0 Å². The molecular weight excluding hydrogens is 266 g/mol. The number of rotatable bonds is 5. The minimum absolute atomic E-state index is 0.0489. The average Bonchev–Trinajstić information content (AvgIpc) is 2.47. The molecular formula is C13H19NO4S. The second-order valence-corrected chi connectivity index (χ2v) is 6.66. The summed E-state index contributed by atoms with van der Waals surface area (Å²) < 4.78 is 34.4. The summed E-state index contributed by atoms with van der Waals surface area (Å²) in [6, 6.07) is 6.51. The highest BCUT2D eigenvalue weighted by Gasteiger charge is 2.14. The Bertz CT molecular complexity index is 492. The molecule has 0 amide bonds. The van der Waals surface area contributed by atoms with Crippen molar-refractivity contribution in [2.45, 2.75) is 17.9 Å². The van der Waals surface area contributed by atoms with Crippen molar-refractivity contribution >= 4 is 9.84 Å². The molecule has 1 saturated heterocycles. The van der Waals surface area contributed by atoms with Gasteiger partial charge in [0.15, 0.2) is 9.84 Å². The molecule has 1 atom stereocenters. The van der Waals surface area contributed by atoms with Crippen LogP contribution in [0.5, 0.6) is 5.75 Å². The maximum Gasteiger partial charge on any atom is 0.178 e. The van der Waals surface area contributed by atoms with Crippen LogP contribution >= 0.6 is 0 Å². The van der Waals surface area contributed by atoms with E-state index in [1.54, 1.807) is 31.2 Å². The lowest BCUT2D eigenvalue weighted by atomic mass is 10.3. The van der Waals surface area contributed by atoms with Gasteiger partial charge in [-0.1, -0.05) is 6.92 Å². The molecule has 106 valence electrons. The Balaban J connectivity index is 1.91. The van der Waals surface area contributed by atoms with Crippen LogP contribution in [-0.2, 0) is 14.6 Å². The van der Waals surface area contributed by atoms with Crippen molar-refractivity contribution in [2.24, 2.45) is 0 Å². The topological polar surface area (TPSA) is 64.6 Å². The van der Waals surface area contributed by atoms with Gasteiger partial charge in [-0.25, -0.2) is 8.42 Å². The molecule has 1 N–H and O–H groups in total. The van der Waals surface area contributed by atoms with Gasteiger partial charge in [-0.15, -0.1) is 0 Å². The van der Waals surface area contributed by atoms with Crippen LogP contribution in [0, 0.1) is 0 Å². The van der Waals surface area contributed by atoms with E-state index in [2.05, 4.69) is 5.32 Å². The fourth-order valence-corrected chi connectivity index (χ4v) is 2.71. The summed E-state index contributed by atoms with van der Waals surface area (Å²) in [4.78, 5) is 0.331. The van der Waals surface area contributed by atoms with Gasteiger partial charge in [0, 0.05) is 13.1 Å². The Kier molecular flexibility index (Phi) is 4.79. The molecule has 6 heteroatoms. The largest absolute Gasteiger partial charge is 0.491 e. The fraction of sp³-hybridized carbons (Fsp3) is 0.538. The number of nitrogens with one attached hydrogen (secondary N) is 1. The highest BCUT2D eigenvalue weighted by molar-refractivity contribution is 7.91. The second-order valence-electron chi connectivity index (χ2n) is 4.38. The van der Waals surface area contributed by atoms with Gasteiger partial charge in [0.05, 0.1) is 17.3 Å². The minimum atomic E-state index is -3.14. The molecule has 1 unspecified atom stereocenters. The Morgan fingerprint density at radius 2 is 2.11 bits per heavy atom. The van der Waals surface area contributed by atoms with E-state index in [0.717, 1.165) is 13.1 Å². The molecule has 19 heavy (non-hydrogen) atoms.